The number of rotatable bonds is 7. The lowest BCUT2D eigenvalue weighted by Gasteiger charge is -2.23. The number of halogens is 3. The second-order valence-electron chi connectivity index (χ2n) is 8.42. The molecule has 206 valence electrons. The minimum absolute atomic E-state index is 0. The number of nitrogens with zero attached hydrogens (tertiary/aromatic N) is 4. The Morgan fingerprint density at radius 1 is 1.13 bits per heavy atom. The Morgan fingerprint density at radius 3 is 2.42 bits per heavy atom. The van der Waals surface area contributed by atoms with Crippen LogP contribution in [0.15, 0.2) is 52.7 Å². The standard InChI is InChI=1S/C24H24F3N5O4.CH4O.H2/c1-14(11-16(33)13-29-22(34)21(26)27)15-4-5-19(18(25)12-15)30-7-9-31-23(35)17-3-2-6-28-20(17)24(36)32(31)10-8-30;1-2;/h2-6,12,16,21,33H,1,7-11,13H2,(H,29,34);2H,1H3;1H/t16-;;/m1../s1. The molecule has 0 unspecified atom stereocenters. The number of hydrogen-bond acceptors (Lipinski definition) is 7. The fourth-order valence-electron chi connectivity index (χ4n) is 4.21. The summed E-state index contributed by atoms with van der Waals surface area (Å²) in [6, 6.07) is 7.54. The van der Waals surface area contributed by atoms with Gasteiger partial charge in [-0.1, -0.05) is 12.6 Å². The molecule has 13 heteroatoms. The van der Waals surface area contributed by atoms with Crippen LogP contribution in [0.2, 0.25) is 0 Å². The smallest absolute Gasteiger partial charge is 0.315 e. The number of benzene rings is 1. The summed E-state index contributed by atoms with van der Waals surface area (Å²) in [6.07, 6.45) is -2.96. The van der Waals surface area contributed by atoms with Gasteiger partial charge in [0.2, 0.25) is 0 Å². The summed E-state index contributed by atoms with van der Waals surface area (Å²) in [6.45, 7) is 4.31. The summed E-state index contributed by atoms with van der Waals surface area (Å²) in [7, 11) is 1.00. The second-order valence-corrected chi connectivity index (χ2v) is 8.42. The Bertz CT molecular complexity index is 1390. The zero-order chi connectivity index (χ0) is 28.0. The van der Waals surface area contributed by atoms with Crippen LogP contribution in [0.25, 0.3) is 16.5 Å². The van der Waals surface area contributed by atoms with E-state index >= 15 is 4.39 Å². The van der Waals surface area contributed by atoms with Gasteiger partial charge in [-0.2, -0.15) is 8.78 Å². The second kappa shape index (κ2) is 12.5. The largest absolute Gasteiger partial charge is 0.400 e. The highest BCUT2D eigenvalue weighted by Gasteiger charge is 2.22. The molecule has 3 N–H and O–H groups in total. The molecule has 3 heterocycles. The molecular formula is C25H30F3N5O5. The van der Waals surface area contributed by atoms with Crippen LogP contribution in [0, 0.1) is 5.82 Å². The zero-order valence-electron chi connectivity index (χ0n) is 20.6. The quantitative estimate of drug-likeness (QED) is 0.413. The van der Waals surface area contributed by atoms with Gasteiger partial charge in [0.1, 0.15) is 11.3 Å². The van der Waals surface area contributed by atoms with Crippen molar-refractivity contribution < 1.29 is 29.6 Å². The molecule has 38 heavy (non-hydrogen) atoms. The van der Waals surface area contributed by atoms with Gasteiger partial charge in [-0.15, -0.1) is 0 Å². The molecule has 1 aliphatic heterocycles. The number of hydrogen-bond donors (Lipinski definition) is 3. The van der Waals surface area contributed by atoms with Crippen molar-refractivity contribution >= 4 is 28.1 Å². The molecule has 4 rings (SSSR count). The average Bonchev–Trinajstić information content (AvgIpc) is 3.15. The topological polar surface area (TPSA) is 130 Å². The monoisotopic (exact) mass is 537 g/mol. The van der Waals surface area contributed by atoms with Gasteiger partial charge < -0.3 is 20.4 Å². The number of alkyl halides is 2. The van der Waals surface area contributed by atoms with E-state index in [1.165, 1.54) is 21.6 Å². The Kier molecular flexibility index (Phi) is 9.42. The van der Waals surface area contributed by atoms with Gasteiger partial charge in [-0.25, -0.2) is 13.8 Å². The summed E-state index contributed by atoms with van der Waals surface area (Å²) < 4.78 is 42.3. The Morgan fingerprint density at radius 2 is 1.79 bits per heavy atom. The lowest BCUT2D eigenvalue weighted by molar-refractivity contribution is -0.132. The van der Waals surface area contributed by atoms with Crippen LogP contribution in [0.5, 0.6) is 0 Å². The molecule has 0 fully saturated rings. The van der Waals surface area contributed by atoms with E-state index in [0.29, 0.717) is 11.1 Å². The first kappa shape index (κ1) is 28.6. The van der Waals surface area contributed by atoms with Crippen LogP contribution in [0.3, 0.4) is 0 Å². The third kappa shape index (κ3) is 6.11. The van der Waals surface area contributed by atoms with Gasteiger partial charge in [-0.05, 0) is 35.4 Å². The van der Waals surface area contributed by atoms with Crippen molar-refractivity contribution in [3.05, 3.63) is 75.2 Å². The van der Waals surface area contributed by atoms with Crippen molar-refractivity contribution in [2.45, 2.75) is 32.0 Å². The van der Waals surface area contributed by atoms with Crippen LogP contribution < -0.4 is 21.3 Å². The van der Waals surface area contributed by atoms with Crippen LogP contribution in [-0.4, -0.2) is 69.7 Å². The molecule has 1 amide bonds. The van der Waals surface area contributed by atoms with E-state index in [4.69, 9.17) is 5.11 Å². The highest BCUT2D eigenvalue weighted by atomic mass is 19.3. The van der Waals surface area contributed by atoms with Crippen LogP contribution in [-0.2, 0) is 17.9 Å². The minimum atomic E-state index is -3.18. The molecule has 0 saturated carbocycles. The first-order valence-corrected chi connectivity index (χ1v) is 11.7. The van der Waals surface area contributed by atoms with Crippen molar-refractivity contribution in [1.82, 2.24) is 19.7 Å². The molecule has 0 spiro atoms. The number of pyridine rings is 1. The first-order chi connectivity index (χ1) is 18.2. The van der Waals surface area contributed by atoms with Crippen molar-refractivity contribution in [2.75, 3.05) is 31.6 Å². The third-order valence-corrected chi connectivity index (χ3v) is 6.05. The third-order valence-electron chi connectivity index (χ3n) is 6.05. The van der Waals surface area contributed by atoms with Crippen molar-refractivity contribution in [1.29, 1.82) is 0 Å². The summed E-state index contributed by atoms with van der Waals surface area (Å²) in [5.41, 5.74) is 0.403. The van der Waals surface area contributed by atoms with E-state index in [-0.39, 0.29) is 68.3 Å². The Hall–Kier alpha value is -3.97. The number of fused-ring (bicyclic) bond motifs is 2. The normalized spacial score (nSPS) is 13.8. The van der Waals surface area contributed by atoms with Crippen LogP contribution in [0.4, 0.5) is 18.9 Å². The number of aliphatic hydroxyl groups is 2. The van der Waals surface area contributed by atoms with Crippen LogP contribution in [0.1, 0.15) is 13.4 Å². The Labute approximate surface area is 216 Å². The molecule has 1 atom stereocenters. The summed E-state index contributed by atoms with van der Waals surface area (Å²) in [4.78, 5) is 42.5. The molecule has 0 radical (unpaired) electrons. The number of aromatic nitrogens is 3. The minimum Gasteiger partial charge on any atom is -0.400 e. The highest BCUT2D eigenvalue weighted by molar-refractivity contribution is 5.79. The molecule has 1 aromatic carbocycles. The SMILES string of the molecule is C=C(C[C@@H](O)CNC(=O)C(F)F)c1ccc(N2CCn3c(=O)c4cccnc4c(=O)n3CC2)c(F)c1.CO.[HH]. The number of aliphatic hydroxyl groups excluding tert-OH is 2. The van der Waals surface area contributed by atoms with E-state index in [1.807, 2.05) is 5.32 Å². The zero-order valence-corrected chi connectivity index (χ0v) is 20.6. The molecule has 0 aliphatic carbocycles. The summed E-state index contributed by atoms with van der Waals surface area (Å²) in [5, 5.41) is 19.1. The maximum absolute atomic E-state index is 15.1. The van der Waals surface area contributed by atoms with Gasteiger partial charge in [0, 0.05) is 40.8 Å². The van der Waals surface area contributed by atoms with E-state index in [0.717, 1.165) is 7.11 Å². The fourth-order valence-corrected chi connectivity index (χ4v) is 4.21. The number of anilines is 1. The molecule has 3 aromatic rings. The van der Waals surface area contributed by atoms with Gasteiger partial charge in [0.05, 0.1) is 30.3 Å². The number of nitrogens with one attached hydrogen (secondary N) is 1. The van der Waals surface area contributed by atoms with Crippen LogP contribution >= 0.6 is 0 Å². The fraction of sp³-hybridized carbons (Fsp3) is 0.360. The highest BCUT2D eigenvalue weighted by Crippen LogP contribution is 2.26. The predicted molar refractivity (Wildman–Crippen MR) is 138 cm³/mol. The van der Waals surface area contributed by atoms with Gasteiger partial charge in [0.15, 0.2) is 0 Å². The first-order valence-electron chi connectivity index (χ1n) is 11.7. The van der Waals surface area contributed by atoms with Gasteiger partial charge in [0.25, 0.3) is 17.0 Å². The number of carbonyl (C=O) groups excluding carboxylic acids is 1. The number of carbonyl (C=O) groups is 1. The maximum Gasteiger partial charge on any atom is 0.315 e. The summed E-state index contributed by atoms with van der Waals surface area (Å²) >= 11 is 0. The lowest BCUT2D eigenvalue weighted by Crippen LogP contribution is -2.39. The molecule has 2 aromatic heterocycles. The van der Waals surface area contributed by atoms with Gasteiger partial charge >= 0.3 is 6.43 Å². The van der Waals surface area contributed by atoms with Gasteiger partial charge in [-0.3, -0.25) is 19.4 Å². The number of amides is 1. The van der Waals surface area contributed by atoms with E-state index in [9.17, 15) is 28.3 Å². The molecule has 10 nitrogen and oxygen atoms in total. The molecular weight excluding hydrogens is 507 g/mol. The predicted octanol–water partition coefficient (Wildman–Crippen LogP) is 1.22. The van der Waals surface area contributed by atoms with E-state index in [2.05, 4.69) is 11.6 Å². The maximum atomic E-state index is 15.1. The van der Waals surface area contributed by atoms with Crippen molar-refractivity contribution in [3.8, 4) is 0 Å². The van der Waals surface area contributed by atoms with Crippen molar-refractivity contribution in [3.63, 3.8) is 0 Å². The molecule has 1 aliphatic rings. The summed E-state index contributed by atoms with van der Waals surface area (Å²) in [5.74, 6) is -2.05. The lowest BCUT2D eigenvalue weighted by atomic mass is 10.0. The van der Waals surface area contributed by atoms with Crippen molar-refractivity contribution in [2.24, 2.45) is 0 Å². The average molecular weight is 538 g/mol. The van der Waals surface area contributed by atoms with E-state index in [1.54, 1.807) is 29.2 Å². The molecule has 0 saturated heterocycles. The Balaban J connectivity index is 0.00000174. The van der Waals surface area contributed by atoms with E-state index < -0.39 is 24.3 Å². The molecule has 0 bridgehead atoms.